The van der Waals surface area contributed by atoms with Crippen molar-refractivity contribution in [3.63, 3.8) is 0 Å². The lowest BCUT2D eigenvalue weighted by Gasteiger charge is -2.31. The number of nitrogens with zero attached hydrogens (tertiary/aromatic N) is 5. The second-order valence-corrected chi connectivity index (χ2v) is 16.5. The minimum atomic E-state index is -3.34. The Morgan fingerprint density at radius 1 is 1.23 bits per heavy atom. The van der Waals surface area contributed by atoms with E-state index in [2.05, 4.69) is 16.9 Å². The third kappa shape index (κ3) is 5.00. The molecule has 3 aliphatic heterocycles. The molecule has 0 bridgehead atoms. The molecular formula is C33H40FN5O4Si. The lowest BCUT2D eigenvalue weighted by Crippen LogP contribution is -2.45. The molecule has 2 saturated heterocycles. The fourth-order valence-corrected chi connectivity index (χ4v) is 10.1. The summed E-state index contributed by atoms with van der Waals surface area (Å²) in [5, 5.41) is 18.7. The van der Waals surface area contributed by atoms with E-state index in [-0.39, 0.29) is 24.3 Å². The highest BCUT2D eigenvalue weighted by Crippen LogP contribution is 2.60. The van der Waals surface area contributed by atoms with E-state index >= 15 is 4.11 Å². The average molecular weight is 618 g/mol. The summed E-state index contributed by atoms with van der Waals surface area (Å²) in [6.07, 6.45) is 4.68. The van der Waals surface area contributed by atoms with Gasteiger partial charge in [0.15, 0.2) is 5.60 Å². The molecule has 2 amide bonds. The quantitative estimate of drug-likeness (QED) is 0.197. The Hall–Kier alpha value is -3.67. The van der Waals surface area contributed by atoms with Gasteiger partial charge in [0.1, 0.15) is 0 Å². The number of benzene rings is 2. The first-order valence-corrected chi connectivity index (χ1v) is 18.4. The molecule has 2 fully saturated rings. The van der Waals surface area contributed by atoms with Crippen LogP contribution in [0.25, 0.3) is 0 Å². The molecule has 9 nitrogen and oxygen atoms in total. The molecule has 44 heavy (non-hydrogen) atoms. The van der Waals surface area contributed by atoms with E-state index in [1.807, 2.05) is 61.7 Å². The molecule has 1 spiro atoms. The zero-order valence-corrected chi connectivity index (χ0v) is 26.5. The van der Waals surface area contributed by atoms with E-state index in [9.17, 15) is 14.7 Å². The Morgan fingerprint density at radius 2 is 2.00 bits per heavy atom. The maximum atomic E-state index is 16.2. The average Bonchev–Trinajstić information content (AvgIpc) is 3.76. The molecule has 5 atom stereocenters. The highest BCUT2D eigenvalue weighted by atomic mass is 28.4. The van der Waals surface area contributed by atoms with Crippen molar-refractivity contribution in [1.82, 2.24) is 15.0 Å². The number of aliphatic hydroxyl groups is 1. The van der Waals surface area contributed by atoms with Gasteiger partial charge in [0.05, 0.1) is 30.0 Å². The lowest BCUT2D eigenvalue weighted by molar-refractivity contribution is -0.145. The smallest absolute Gasteiger partial charge is 0.264 e. The number of halogens is 1. The number of hydrogen-bond acceptors (Lipinski definition) is 6. The van der Waals surface area contributed by atoms with Crippen LogP contribution in [0.5, 0.6) is 0 Å². The van der Waals surface area contributed by atoms with Crippen LogP contribution in [0.2, 0.25) is 18.6 Å². The normalized spacial score (nSPS) is 25.7. The van der Waals surface area contributed by atoms with Gasteiger partial charge in [-0.3, -0.25) is 14.3 Å². The predicted octanol–water partition coefficient (Wildman–Crippen LogP) is 4.93. The fraction of sp³-hybridized carbons (Fsp3) is 0.455. The van der Waals surface area contributed by atoms with E-state index in [0.29, 0.717) is 49.4 Å². The van der Waals surface area contributed by atoms with Gasteiger partial charge in [-0.25, -0.2) is 0 Å². The molecule has 1 N–H and O–H groups in total. The summed E-state index contributed by atoms with van der Waals surface area (Å²) in [6.45, 7) is 10.4. The number of carbonyl (C=O) groups is 2. The second kappa shape index (κ2) is 11.7. The molecule has 0 aliphatic carbocycles. The van der Waals surface area contributed by atoms with Crippen molar-refractivity contribution in [3.05, 3.63) is 84.2 Å². The molecule has 0 saturated carbocycles. The number of ether oxygens (including phenoxy) is 1. The molecule has 6 rings (SSSR count). The van der Waals surface area contributed by atoms with Gasteiger partial charge in [-0.15, -0.1) is 11.7 Å². The van der Waals surface area contributed by atoms with Gasteiger partial charge in [-0.1, -0.05) is 48.5 Å². The molecule has 3 aromatic rings. The Kier molecular flexibility index (Phi) is 8.06. The SMILES string of the molecule is C=CCN1C(=O)[C@@]2(O[C@@H](CCn3cc(C(CO)c4ccccc4)nn3)[C@H]([Si](C)(C)F)[C@H]2C)c2cc(N3CCCC3=O)ccc21. The number of amides is 2. The maximum absolute atomic E-state index is 16.2. The van der Waals surface area contributed by atoms with E-state index in [1.54, 1.807) is 33.7 Å². The highest BCUT2D eigenvalue weighted by molar-refractivity contribution is 6.72. The Bertz CT molecular complexity index is 1560. The van der Waals surface area contributed by atoms with Crippen LogP contribution in [0.4, 0.5) is 15.5 Å². The van der Waals surface area contributed by atoms with Crippen molar-refractivity contribution in [1.29, 1.82) is 0 Å². The number of carbonyl (C=O) groups excluding carboxylic acids is 2. The number of aryl methyl sites for hydroxylation is 1. The number of aromatic nitrogens is 3. The molecule has 0 radical (unpaired) electrons. The van der Waals surface area contributed by atoms with Crippen LogP contribution >= 0.6 is 0 Å². The maximum Gasteiger partial charge on any atom is 0.264 e. The van der Waals surface area contributed by atoms with Crippen LogP contribution in [0.3, 0.4) is 0 Å². The highest BCUT2D eigenvalue weighted by Gasteiger charge is 2.66. The minimum Gasteiger partial charge on any atom is -0.395 e. The summed E-state index contributed by atoms with van der Waals surface area (Å²) in [7, 11) is -3.34. The molecule has 2 aromatic carbocycles. The first-order valence-electron chi connectivity index (χ1n) is 15.4. The van der Waals surface area contributed by atoms with Crippen LogP contribution in [0.1, 0.15) is 48.9 Å². The second-order valence-electron chi connectivity index (χ2n) is 12.7. The molecule has 1 unspecified atom stereocenters. The van der Waals surface area contributed by atoms with Gasteiger partial charge in [0.2, 0.25) is 14.3 Å². The molecular weight excluding hydrogens is 577 g/mol. The van der Waals surface area contributed by atoms with Gasteiger partial charge >= 0.3 is 0 Å². The summed E-state index contributed by atoms with van der Waals surface area (Å²) in [4.78, 5) is 30.4. The zero-order valence-electron chi connectivity index (χ0n) is 25.5. The van der Waals surface area contributed by atoms with E-state index in [0.717, 1.165) is 17.7 Å². The summed E-state index contributed by atoms with van der Waals surface area (Å²) in [5.74, 6) is -0.899. The van der Waals surface area contributed by atoms with Crippen molar-refractivity contribution in [2.75, 3.05) is 29.5 Å². The van der Waals surface area contributed by atoms with E-state index in [4.69, 9.17) is 4.74 Å². The molecule has 1 aromatic heterocycles. The summed E-state index contributed by atoms with van der Waals surface area (Å²) >= 11 is 0. The van der Waals surface area contributed by atoms with Gasteiger partial charge in [-0.2, -0.15) is 0 Å². The zero-order chi connectivity index (χ0) is 31.2. The van der Waals surface area contributed by atoms with E-state index < -0.39 is 31.6 Å². The third-order valence-electron chi connectivity index (χ3n) is 9.58. The predicted molar refractivity (Wildman–Crippen MR) is 169 cm³/mol. The first-order chi connectivity index (χ1) is 21.1. The topological polar surface area (TPSA) is 101 Å². The van der Waals surface area contributed by atoms with Gasteiger partial charge in [0, 0.05) is 55.0 Å². The molecule has 11 heteroatoms. The number of hydrogen-bond donors (Lipinski definition) is 1. The van der Waals surface area contributed by atoms with Gasteiger partial charge in [0.25, 0.3) is 5.91 Å². The first kappa shape index (κ1) is 30.4. The number of anilines is 2. The van der Waals surface area contributed by atoms with Crippen molar-refractivity contribution in [3.8, 4) is 0 Å². The van der Waals surface area contributed by atoms with Crippen LogP contribution in [-0.4, -0.2) is 66.1 Å². The third-order valence-corrected chi connectivity index (χ3v) is 12.0. The molecule has 4 heterocycles. The van der Waals surface area contributed by atoms with Gasteiger partial charge in [-0.05, 0) is 49.7 Å². The Morgan fingerprint density at radius 3 is 2.66 bits per heavy atom. The van der Waals surface area contributed by atoms with E-state index in [1.165, 1.54) is 0 Å². The van der Waals surface area contributed by atoms with Crippen LogP contribution < -0.4 is 9.80 Å². The van der Waals surface area contributed by atoms with Gasteiger partial charge < -0.3 is 23.8 Å². The van der Waals surface area contributed by atoms with Crippen molar-refractivity contribution >= 4 is 31.6 Å². The standard InChI is InChI=1S/C33H40FN5O4Si/c1-5-16-39-28-14-13-24(38-17-9-12-30(38)41)19-26(28)33(32(39)42)22(2)31(44(3,4)34)29(43-33)15-18-37-20-27(35-36-37)25(21-40)23-10-7-6-8-11-23/h5-8,10-11,13-14,19-20,22,25,29,31,40H,1,9,12,15-18,21H2,2-4H3/t22-,25?,29+,31-,33+/m1/s1. The summed E-state index contributed by atoms with van der Waals surface area (Å²) in [5.41, 5.74) is 1.90. The van der Waals surface area contributed by atoms with Crippen molar-refractivity contribution in [2.45, 2.75) is 69.0 Å². The summed E-state index contributed by atoms with van der Waals surface area (Å²) < 4.78 is 24.8. The van der Waals surface area contributed by atoms with Crippen molar-refractivity contribution < 1.29 is 23.5 Å². The largest absolute Gasteiger partial charge is 0.395 e. The van der Waals surface area contributed by atoms with Crippen LogP contribution in [0.15, 0.2) is 67.4 Å². The Labute approximate surface area is 258 Å². The lowest BCUT2D eigenvalue weighted by atomic mass is 9.82. The fourth-order valence-electron chi connectivity index (χ4n) is 7.60. The van der Waals surface area contributed by atoms with Crippen molar-refractivity contribution in [2.24, 2.45) is 5.92 Å². The number of aliphatic hydroxyl groups excluding tert-OH is 1. The summed E-state index contributed by atoms with van der Waals surface area (Å²) in [6, 6.07) is 15.3. The van der Waals surface area contributed by atoms with Crippen LogP contribution in [-0.2, 0) is 26.5 Å². The Balaban J connectivity index is 1.32. The number of rotatable bonds is 10. The minimum absolute atomic E-state index is 0.0580. The van der Waals surface area contributed by atoms with Crippen LogP contribution in [0, 0.1) is 5.92 Å². The monoisotopic (exact) mass is 617 g/mol. The molecule has 232 valence electrons. The number of fused-ring (bicyclic) bond motifs is 2. The molecule has 3 aliphatic rings.